The van der Waals surface area contributed by atoms with Crippen molar-refractivity contribution >= 4 is 29.9 Å². The van der Waals surface area contributed by atoms with Gasteiger partial charge in [-0.05, 0) is 37.3 Å². The minimum Gasteiger partial charge on any atom is -0.357 e. The SMILES string of the molecule is CCNC(=NCCC(C)c1cccc(C(F)(F)F)c1)NC1CCc2ncnn2C1.I. The standard InChI is InChI=1S/C20H27F3N6.HI/c1-3-24-19(28-17-7-8-18-26-13-27-29(18)12-17)25-10-9-14(2)15-5-4-6-16(11-15)20(21,22)23;/h4-6,11,13-14,17H,3,7-10,12H2,1-2H3,(H2,24,25,28);1H. The van der Waals surface area contributed by atoms with Crippen LogP contribution in [0, 0.1) is 0 Å². The maximum absolute atomic E-state index is 12.9. The number of fused-ring (bicyclic) bond motifs is 1. The number of nitrogens with zero attached hydrogens (tertiary/aromatic N) is 4. The Labute approximate surface area is 191 Å². The van der Waals surface area contributed by atoms with E-state index in [0.29, 0.717) is 18.5 Å². The predicted molar refractivity (Wildman–Crippen MR) is 121 cm³/mol. The van der Waals surface area contributed by atoms with Crippen LogP contribution < -0.4 is 10.6 Å². The average Bonchev–Trinajstić information content (AvgIpc) is 3.15. The summed E-state index contributed by atoms with van der Waals surface area (Å²) in [7, 11) is 0. The van der Waals surface area contributed by atoms with Crippen molar-refractivity contribution in [1.82, 2.24) is 25.4 Å². The Balaban J connectivity index is 0.00000320. The molecule has 2 atom stereocenters. The van der Waals surface area contributed by atoms with Crippen molar-refractivity contribution in [2.45, 2.75) is 57.8 Å². The summed E-state index contributed by atoms with van der Waals surface area (Å²) in [6.45, 7) is 5.92. The van der Waals surface area contributed by atoms with Gasteiger partial charge < -0.3 is 10.6 Å². The molecule has 2 unspecified atom stereocenters. The van der Waals surface area contributed by atoms with Gasteiger partial charge in [-0.1, -0.05) is 25.1 Å². The highest BCUT2D eigenvalue weighted by atomic mass is 127. The molecule has 0 aliphatic carbocycles. The van der Waals surface area contributed by atoms with Crippen LogP contribution in [0.3, 0.4) is 0 Å². The number of alkyl halides is 3. The van der Waals surface area contributed by atoms with Gasteiger partial charge in [0.2, 0.25) is 0 Å². The van der Waals surface area contributed by atoms with Crippen molar-refractivity contribution < 1.29 is 13.2 Å². The Morgan fingerprint density at radius 1 is 1.37 bits per heavy atom. The summed E-state index contributed by atoms with van der Waals surface area (Å²) >= 11 is 0. The summed E-state index contributed by atoms with van der Waals surface area (Å²) in [4.78, 5) is 8.85. The minimum absolute atomic E-state index is 0. The van der Waals surface area contributed by atoms with E-state index in [1.807, 2.05) is 18.5 Å². The molecule has 1 aliphatic heterocycles. The van der Waals surface area contributed by atoms with Gasteiger partial charge >= 0.3 is 6.18 Å². The van der Waals surface area contributed by atoms with Gasteiger partial charge in [-0.3, -0.25) is 4.99 Å². The topological polar surface area (TPSA) is 67.1 Å². The Morgan fingerprint density at radius 3 is 2.90 bits per heavy atom. The number of hydrogen-bond donors (Lipinski definition) is 2. The molecule has 6 nitrogen and oxygen atoms in total. The van der Waals surface area contributed by atoms with Crippen molar-refractivity contribution in [1.29, 1.82) is 0 Å². The molecule has 10 heteroatoms. The Bertz CT molecular complexity index is 836. The number of guanidine groups is 1. The van der Waals surface area contributed by atoms with Crippen LogP contribution in [-0.2, 0) is 19.1 Å². The lowest BCUT2D eigenvalue weighted by molar-refractivity contribution is -0.137. The summed E-state index contributed by atoms with van der Waals surface area (Å²) in [5.74, 6) is 1.70. The summed E-state index contributed by atoms with van der Waals surface area (Å²) < 4.78 is 40.7. The van der Waals surface area contributed by atoms with Crippen LogP contribution in [0.5, 0.6) is 0 Å². The normalized spacial score (nSPS) is 17.6. The summed E-state index contributed by atoms with van der Waals surface area (Å²) in [6, 6.07) is 5.75. The van der Waals surface area contributed by atoms with Gasteiger partial charge in [0.15, 0.2) is 5.96 Å². The molecule has 2 heterocycles. The Kier molecular flexibility index (Phi) is 8.92. The number of aromatic nitrogens is 3. The third-order valence-electron chi connectivity index (χ3n) is 5.11. The summed E-state index contributed by atoms with van der Waals surface area (Å²) in [6.07, 6.45) is -0.269. The molecule has 2 N–H and O–H groups in total. The van der Waals surface area contributed by atoms with E-state index in [4.69, 9.17) is 0 Å². The molecule has 0 radical (unpaired) electrons. The van der Waals surface area contributed by atoms with Gasteiger partial charge in [0.1, 0.15) is 12.2 Å². The predicted octanol–water partition coefficient (Wildman–Crippen LogP) is 3.98. The average molecular weight is 536 g/mol. The van der Waals surface area contributed by atoms with E-state index in [9.17, 15) is 13.2 Å². The van der Waals surface area contributed by atoms with Crippen LogP contribution in [0.25, 0.3) is 0 Å². The van der Waals surface area contributed by atoms with Gasteiger partial charge in [-0.2, -0.15) is 18.3 Å². The fourth-order valence-corrected chi connectivity index (χ4v) is 3.43. The Morgan fingerprint density at radius 2 is 2.17 bits per heavy atom. The second-order valence-corrected chi connectivity index (χ2v) is 7.31. The molecule has 0 saturated heterocycles. The molecular weight excluding hydrogens is 508 g/mol. The number of hydrogen-bond acceptors (Lipinski definition) is 3. The first-order valence-electron chi connectivity index (χ1n) is 9.95. The lowest BCUT2D eigenvalue weighted by atomic mass is 9.96. The largest absolute Gasteiger partial charge is 0.416 e. The van der Waals surface area contributed by atoms with Crippen LogP contribution in [0.2, 0.25) is 0 Å². The monoisotopic (exact) mass is 536 g/mol. The van der Waals surface area contributed by atoms with Crippen LogP contribution >= 0.6 is 24.0 Å². The van der Waals surface area contributed by atoms with Crippen LogP contribution in [0.4, 0.5) is 13.2 Å². The van der Waals surface area contributed by atoms with E-state index >= 15 is 0 Å². The van der Waals surface area contributed by atoms with E-state index in [1.165, 1.54) is 12.1 Å². The quantitative estimate of drug-likeness (QED) is 0.333. The lowest BCUT2D eigenvalue weighted by Crippen LogP contribution is -2.47. The molecule has 2 aromatic rings. The van der Waals surface area contributed by atoms with Crippen LogP contribution in [0.1, 0.15) is 49.6 Å². The van der Waals surface area contributed by atoms with Crippen molar-refractivity contribution in [2.24, 2.45) is 4.99 Å². The fourth-order valence-electron chi connectivity index (χ4n) is 3.43. The molecule has 30 heavy (non-hydrogen) atoms. The van der Waals surface area contributed by atoms with Crippen LogP contribution in [-0.4, -0.2) is 39.9 Å². The first-order chi connectivity index (χ1) is 13.9. The van der Waals surface area contributed by atoms with Gasteiger partial charge in [-0.25, -0.2) is 9.67 Å². The van der Waals surface area contributed by atoms with Crippen molar-refractivity contribution in [2.75, 3.05) is 13.1 Å². The zero-order valence-electron chi connectivity index (χ0n) is 17.1. The Hall–Kier alpha value is -1.85. The number of aliphatic imine (C=N–C) groups is 1. The van der Waals surface area contributed by atoms with Gasteiger partial charge in [0.05, 0.1) is 12.1 Å². The second kappa shape index (κ2) is 11.0. The first-order valence-corrected chi connectivity index (χ1v) is 9.95. The first kappa shape index (κ1) is 24.4. The van der Waals surface area contributed by atoms with E-state index in [-0.39, 0.29) is 35.9 Å². The van der Waals surface area contributed by atoms with E-state index in [0.717, 1.165) is 43.8 Å². The van der Waals surface area contributed by atoms with E-state index < -0.39 is 11.7 Å². The number of nitrogens with one attached hydrogen (secondary N) is 2. The van der Waals surface area contributed by atoms with Gasteiger partial charge in [0.25, 0.3) is 0 Å². The number of aryl methyl sites for hydroxylation is 1. The van der Waals surface area contributed by atoms with Gasteiger partial charge in [0, 0.05) is 25.6 Å². The summed E-state index contributed by atoms with van der Waals surface area (Å²) in [5, 5.41) is 10.9. The number of benzene rings is 1. The zero-order valence-corrected chi connectivity index (χ0v) is 19.4. The minimum atomic E-state index is -4.32. The maximum atomic E-state index is 12.9. The molecular formula is C20H28F3IN6. The number of rotatable bonds is 6. The molecule has 1 aromatic heterocycles. The molecule has 1 aliphatic rings. The smallest absolute Gasteiger partial charge is 0.357 e. The van der Waals surface area contributed by atoms with E-state index in [2.05, 4.69) is 25.7 Å². The molecule has 166 valence electrons. The highest BCUT2D eigenvalue weighted by Gasteiger charge is 2.30. The molecule has 0 fully saturated rings. The molecule has 0 saturated carbocycles. The maximum Gasteiger partial charge on any atom is 0.416 e. The molecule has 1 aromatic carbocycles. The molecule has 0 amide bonds. The van der Waals surface area contributed by atoms with Gasteiger partial charge in [-0.15, -0.1) is 24.0 Å². The highest BCUT2D eigenvalue weighted by molar-refractivity contribution is 14.0. The third kappa shape index (κ3) is 6.58. The summed E-state index contributed by atoms with van der Waals surface area (Å²) in [5.41, 5.74) is 0.0733. The number of halogens is 4. The lowest BCUT2D eigenvalue weighted by Gasteiger charge is -2.25. The van der Waals surface area contributed by atoms with Crippen molar-refractivity contribution in [3.63, 3.8) is 0 Å². The molecule has 0 bridgehead atoms. The van der Waals surface area contributed by atoms with E-state index in [1.54, 1.807) is 12.4 Å². The third-order valence-corrected chi connectivity index (χ3v) is 5.11. The second-order valence-electron chi connectivity index (χ2n) is 7.31. The zero-order chi connectivity index (χ0) is 20.9. The molecule has 0 spiro atoms. The molecule has 3 rings (SSSR count). The van der Waals surface area contributed by atoms with Crippen molar-refractivity contribution in [3.05, 3.63) is 47.5 Å². The van der Waals surface area contributed by atoms with Crippen LogP contribution in [0.15, 0.2) is 35.6 Å². The van der Waals surface area contributed by atoms with Crippen molar-refractivity contribution in [3.8, 4) is 0 Å². The fraction of sp³-hybridized carbons (Fsp3) is 0.550. The highest BCUT2D eigenvalue weighted by Crippen LogP contribution is 2.31.